The van der Waals surface area contributed by atoms with Gasteiger partial charge in [-0.05, 0) is 84.3 Å². The molecule has 1 N–H and O–H groups in total. The molecule has 0 saturated heterocycles. The molecule has 0 saturated carbocycles. The Hall–Kier alpha value is -4.26. The maximum Gasteiger partial charge on any atom is 0.338 e. The first-order chi connectivity index (χ1) is 32.0. The van der Waals surface area contributed by atoms with Crippen LogP contribution in [0.4, 0.5) is 0 Å². The van der Waals surface area contributed by atoms with Gasteiger partial charge in [0.15, 0.2) is 0 Å². The third-order valence-electron chi connectivity index (χ3n) is 9.83. The van der Waals surface area contributed by atoms with E-state index in [0.29, 0.717) is 55.7 Å². The van der Waals surface area contributed by atoms with Gasteiger partial charge in [-0.15, -0.1) is 23.5 Å². The fourth-order valence-corrected chi connectivity index (χ4v) is 22.3. The number of ether oxygens (including phenoxy) is 2. The number of rotatable bonds is 10. The molecule has 0 spiro atoms. The number of imide groups is 2. The number of amides is 4. The molecule has 0 bridgehead atoms. The molecule has 0 aromatic heterocycles. The maximum absolute atomic E-state index is 12.5. The van der Waals surface area contributed by atoms with Crippen LogP contribution in [-0.2, 0) is 94.0 Å². The molecule has 2 aliphatic heterocycles. The van der Waals surface area contributed by atoms with Gasteiger partial charge in [0.1, 0.15) is 13.2 Å². The van der Waals surface area contributed by atoms with Gasteiger partial charge in [-0.3, -0.25) is 29.4 Å². The summed E-state index contributed by atoms with van der Waals surface area (Å²) >= 11 is 12.3. The van der Waals surface area contributed by atoms with Crippen molar-refractivity contribution in [3.63, 3.8) is 0 Å². The summed E-state index contributed by atoms with van der Waals surface area (Å²) in [6, 6.07) is 32.8. The Kier molecular flexibility index (Phi) is 23.0. The third kappa shape index (κ3) is 14.0. The van der Waals surface area contributed by atoms with Gasteiger partial charge in [-0.1, -0.05) is 75.5 Å². The average Bonchev–Trinajstić information content (AvgIpc) is 3.32. The summed E-state index contributed by atoms with van der Waals surface area (Å²) in [6.45, 7) is 4.28. The molecule has 10 nitrogen and oxygen atoms in total. The molecule has 68 heavy (non-hydrogen) atoms. The second-order valence-electron chi connectivity index (χ2n) is 13.7. The van der Waals surface area contributed by atoms with Gasteiger partial charge in [0.05, 0.1) is 11.1 Å². The average molecular weight is 1120 g/mol. The van der Waals surface area contributed by atoms with Crippen LogP contribution in [0, 0.1) is 13.8 Å². The number of nitrogens with one attached hydrogen (secondary N) is 1. The van der Waals surface area contributed by atoms with Crippen LogP contribution in [0.2, 0.25) is 0 Å². The molecular weight excluding hydrogens is 1070 g/mol. The van der Waals surface area contributed by atoms with E-state index in [9.17, 15) is 28.8 Å². The maximum atomic E-state index is 12.5. The van der Waals surface area contributed by atoms with Gasteiger partial charge in [-0.2, -0.15) is 0 Å². The summed E-state index contributed by atoms with van der Waals surface area (Å²) in [5.41, 5.74) is 4.97. The van der Waals surface area contributed by atoms with Crippen LogP contribution in [0.25, 0.3) is 21.5 Å². The smallest absolute Gasteiger partial charge is 0.338 e. The van der Waals surface area contributed by atoms with E-state index in [-0.39, 0.29) is 63.6 Å². The van der Waals surface area contributed by atoms with E-state index >= 15 is 0 Å². The number of hydrogen-bond acceptors (Lipinski definition) is 12. The molecule has 2 aliphatic rings. The second-order valence-corrected chi connectivity index (χ2v) is 28.4. The lowest BCUT2D eigenvalue weighted by molar-refractivity contribution is 0.0520. The third-order valence-corrected chi connectivity index (χ3v) is 25.2. The largest absolute Gasteiger partial charge is 0.461 e. The SMILES string of the molecule is C.C.Cc1ccccc1C(=O)OCCSc1ccc2c3c(cccc13)C(=O)N(C)C2=O.Cc1ccccc1C(=O)OCCSc1ccc2c3c(cccc13)C(=O)NC2=O.S=S=S=S=S=S=S=S=S. The minimum atomic E-state index is -0.377. The molecule has 21 heteroatoms. The lowest BCUT2D eigenvalue weighted by atomic mass is 9.94. The number of thioether (sulfide) groups is 2. The van der Waals surface area contributed by atoms with Crippen LogP contribution in [0.15, 0.2) is 119 Å². The van der Waals surface area contributed by atoms with Crippen molar-refractivity contribution in [3.8, 4) is 0 Å². The van der Waals surface area contributed by atoms with E-state index in [2.05, 4.69) is 27.7 Å². The summed E-state index contributed by atoms with van der Waals surface area (Å²) in [4.78, 5) is 76.6. The Bertz CT molecular complexity index is 3190. The predicted octanol–water partition coefficient (Wildman–Crippen LogP) is 9.55. The molecule has 6 aromatic rings. The zero-order valence-corrected chi connectivity index (χ0v) is 43.9. The van der Waals surface area contributed by atoms with Gasteiger partial charge in [0.25, 0.3) is 23.6 Å². The van der Waals surface area contributed by atoms with Crippen LogP contribution >= 0.6 is 23.5 Å². The van der Waals surface area contributed by atoms with E-state index in [4.69, 9.17) is 9.47 Å². The normalized spacial score (nSPS) is 11.7. The van der Waals surface area contributed by atoms with Gasteiger partial charge < -0.3 is 9.47 Å². The highest BCUT2D eigenvalue weighted by atomic mass is 33.4. The molecular formula is C47H44N2O8S11. The summed E-state index contributed by atoms with van der Waals surface area (Å²) in [5, 5.41) is 5.45. The van der Waals surface area contributed by atoms with Crippen molar-refractivity contribution in [2.24, 2.45) is 0 Å². The van der Waals surface area contributed by atoms with Crippen LogP contribution in [0.5, 0.6) is 0 Å². The van der Waals surface area contributed by atoms with Crippen molar-refractivity contribution in [1.82, 2.24) is 10.2 Å². The van der Waals surface area contributed by atoms with E-state index in [1.165, 1.54) is 48.3 Å². The second kappa shape index (κ2) is 27.8. The van der Waals surface area contributed by atoms with Crippen molar-refractivity contribution in [3.05, 3.63) is 154 Å². The number of aryl methyl sites for hydroxylation is 2. The van der Waals surface area contributed by atoms with Crippen LogP contribution in [0.3, 0.4) is 0 Å². The summed E-state index contributed by atoms with van der Waals surface area (Å²) in [6.07, 6.45) is 0. The number of benzene rings is 6. The Morgan fingerprint density at radius 2 is 0.926 bits per heavy atom. The standard InChI is InChI=1S/C23H19NO4S.C22H17NO4S.2CH4.S9/c1-14-6-3-4-7-15(14)23(27)28-12-13-29-19-11-10-18-20-16(19)8-5-9-17(20)21(25)24(2)22(18)26;1-13-5-2-3-6-14(13)22(26)27-11-12-28-18-10-9-17-19-15(18)7-4-8-16(19)20(24)23-21(17)25;;;1-3-5-7-9-8-6-4-2/h3-11H,12-13H2,1-2H3;2-10H,11-12H2,1H3,(H,23,24,25);2*1H4;. The monoisotopic (exact) mass is 1120 g/mol. The van der Waals surface area contributed by atoms with Crippen molar-refractivity contribution in [1.29, 1.82) is 0 Å². The Balaban J connectivity index is 0.000000246. The summed E-state index contributed by atoms with van der Waals surface area (Å²) < 4.78 is 10.8. The zero-order chi connectivity index (χ0) is 47.2. The number of hydrogen-bond donors (Lipinski definition) is 1. The molecule has 8 rings (SSSR count). The lowest BCUT2D eigenvalue weighted by Crippen LogP contribution is -2.36. The molecule has 356 valence electrons. The van der Waals surface area contributed by atoms with E-state index in [1.54, 1.807) is 86.9 Å². The molecule has 2 heterocycles. The van der Waals surface area contributed by atoms with Crippen LogP contribution < -0.4 is 5.32 Å². The van der Waals surface area contributed by atoms with Gasteiger partial charge >= 0.3 is 11.9 Å². The number of carbonyl (C=O) groups excluding carboxylic acids is 6. The quantitative estimate of drug-likeness (QED) is 0.0606. The van der Waals surface area contributed by atoms with Crippen molar-refractivity contribution >= 4 is 165 Å². The minimum Gasteiger partial charge on any atom is -0.461 e. The fourth-order valence-electron chi connectivity index (χ4n) is 6.83. The highest BCUT2D eigenvalue weighted by Crippen LogP contribution is 2.36. The molecule has 0 fully saturated rings. The molecule has 0 atom stereocenters. The lowest BCUT2D eigenvalue weighted by Gasteiger charge is -2.24. The minimum absolute atomic E-state index is 0. The van der Waals surface area contributed by atoms with Crippen molar-refractivity contribution in [2.75, 3.05) is 31.8 Å². The van der Waals surface area contributed by atoms with Gasteiger partial charge in [-0.25, -0.2) is 9.59 Å². The van der Waals surface area contributed by atoms with Crippen molar-refractivity contribution in [2.45, 2.75) is 38.5 Å². The number of nitrogens with zero attached hydrogens (tertiary/aromatic N) is 1. The summed E-state index contributed by atoms with van der Waals surface area (Å²) in [7, 11) is 12.4. The first-order valence-corrected chi connectivity index (χ1v) is 32.0. The van der Waals surface area contributed by atoms with E-state index < -0.39 is 0 Å². The number of carbonyl (C=O) groups is 6. The first-order valence-electron chi connectivity index (χ1n) is 19.4. The molecule has 6 aromatic carbocycles. The Labute approximate surface area is 433 Å². The molecule has 0 aliphatic carbocycles. The molecule has 4 amide bonds. The van der Waals surface area contributed by atoms with Gasteiger partial charge in [0.2, 0.25) is 0 Å². The summed E-state index contributed by atoms with van der Waals surface area (Å²) in [5.74, 6) is -0.869. The first kappa shape index (κ1) is 56.3. The zero-order valence-electron chi connectivity index (χ0n) is 34.9. The molecule has 0 unspecified atom stereocenters. The number of esters is 2. The Morgan fingerprint density at radius 1 is 0.529 bits per heavy atom. The van der Waals surface area contributed by atoms with Crippen molar-refractivity contribution < 1.29 is 38.2 Å². The fraction of sp³-hybridized carbons (Fsp3) is 0.191. The highest BCUT2D eigenvalue weighted by molar-refractivity contribution is 8.72. The van der Waals surface area contributed by atoms with Gasteiger partial charge in [0, 0.05) is 146 Å². The predicted molar refractivity (Wildman–Crippen MR) is 300 cm³/mol. The van der Waals surface area contributed by atoms with E-state index in [0.717, 1.165) is 36.6 Å². The van der Waals surface area contributed by atoms with Crippen LogP contribution in [0.1, 0.15) is 88.1 Å². The highest BCUT2D eigenvalue weighted by Gasteiger charge is 2.31. The molecule has 0 radical (unpaired) electrons. The van der Waals surface area contributed by atoms with Crippen LogP contribution in [-0.4, -0.2) is 72.2 Å². The Morgan fingerprint density at radius 3 is 1.40 bits per heavy atom. The topological polar surface area (TPSA) is 136 Å². The van der Waals surface area contributed by atoms with E-state index in [1.807, 2.05) is 80.6 Å².